The predicted octanol–water partition coefficient (Wildman–Crippen LogP) is 1.62. The Morgan fingerprint density at radius 3 is 2.53 bits per heavy atom. The highest BCUT2D eigenvalue weighted by Gasteiger charge is 2.26. The molecule has 0 spiro atoms. The molecule has 1 aliphatic heterocycles. The molecule has 17 heavy (non-hydrogen) atoms. The second-order valence-electron chi connectivity index (χ2n) is 4.36. The first kappa shape index (κ1) is 11.6. The summed E-state index contributed by atoms with van der Waals surface area (Å²) in [6, 6.07) is 5.57. The molecule has 1 aliphatic rings. The van der Waals surface area contributed by atoms with Crippen LogP contribution in [-0.2, 0) is 16.1 Å². The molecule has 2 rings (SSSR count). The van der Waals surface area contributed by atoms with Gasteiger partial charge in [0.15, 0.2) is 0 Å². The number of nitrogen functional groups attached to an aromatic ring is 1. The number of nitrogens with zero attached hydrogens (tertiary/aromatic N) is 1. The lowest BCUT2D eigenvalue weighted by molar-refractivity contribution is -0.148. The van der Waals surface area contributed by atoms with Crippen molar-refractivity contribution >= 4 is 17.5 Å². The summed E-state index contributed by atoms with van der Waals surface area (Å²) in [4.78, 5) is 24.7. The van der Waals surface area contributed by atoms with E-state index in [1.54, 1.807) is 0 Å². The van der Waals surface area contributed by atoms with Gasteiger partial charge in [-0.15, -0.1) is 0 Å². The van der Waals surface area contributed by atoms with E-state index in [-0.39, 0.29) is 11.8 Å². The molecule has 4 nitrogen and oxygen atoms in total. The number of carbonyl (C=O) groups is 2. The van der Waals surface area contributed by atoms with Crippen molar-refractivity contribution < 1.29 is 9.59 Å². The van der Waals surface area contributed by atoms with E-state index in [1.165, 1.54) is 4.90 Å². The summed E-state index contributed by atoms with van der Waals surface area (Å²) in [5.74, 6) is -0.161. The summed E-state index contributed by atoms with van der Waals surface area (Å²) in [6.07, 6.45) is 1.60. The number of likely N-dealkylation sites (tertiary alicyclic amines) is 1. The molecule has 2 amide bonds. The molecule has 0 aliphatic carbocycles. The third-order valence-corrected chi connectivity index (χ3v) is 3.20. The number of benzene rings is 1. The molecular weight excluding hydrogens is 216 g/mol. The third-order valence-electron chi connectivity index (χ3n) is 3.20. The zero-order chi connectivity index (χ0) is 12.4. The van der Waals surface area contributed by atoms with E-state index in [9.17, 15) is 9.59 Å². The molecule has 0 saturated carbocycles. The summed E-state index contributed by atoms with van der Waals surface area (Å²) in [6.45, 7) is 2.25. The summed E-state index contributed by atoms with van der Waals surface area (Å²) in [5, 5.41) is 0. The molecule has 0 aromatic heterocycles. The molecule has 2 N–H and O–H groups in total. The SMILES string of the molecule is Cc1c(N)cccc1CN1C(=O)CCCC1=O. The molecule has 0 radical (unpaired) electrons. The van der Waals surface area contributed by atoms with Crippen LogP contribution in [0.2, 0.25) is 0 Å². The van der Waals surface area contributed by atoms with Crippen LogP contribution >= 0.6 is 0 Å². The van der Waals surface area contributed by atoms with Crippen molar-refractivity contribution in [1.82, 2.24) is 4.90 Å². The summed E-state index contributed by atoms with van der Waals surface area (Å²) >= 11 is 0. The van der Waals surface area contributed by atoms with Crippen molar-refractivity contribution in [2.45, 2.75) is 32.7 Å². The van der Waals surface area contributed by atoms with Crippen molar-refractivity contribution in [3.05, 3.63) is 29.3 Å². The lowest BCUT2D eigenvalue weighted by atomic mass is 10.0. The van der Waals surface area contributed by atoms with Gasteiger partial charge in [0, 0.05) is 18.5 Å². The first-order chi connectivity index (χ1) is 8.09. The van der Waals surface area contributed by atoms with Gasteiger partial charge in [0.05, 0.1) is 6.54 Å². The van der Waals surface area contributed by atoms with E-state index in [4.69, 9.17) is 5.73 Å². The van der Waals surface area contributed by atoms with E-state index in [0.717, 1.165) is 11.1 Å². The third kappa shape index (κ3) is 2.30. The van der Waals surface area contributed by atoms with Crippen LogP contribution in [0, 0.1) is 6.92 Å². The van der Waals surface area contributed by atoms with Crippen molar-refractivity contribution in [1.29, 1.82) is 0 Å². The van der Waals surface area contributed by atoms with Crippen LogP contribution in [-0.4, -0.2) is 16.7 Å². The van der Waals surface area contributed by atoms with Crippen molar-refractivity contribution in [2.24, 2.45) is 0 Å². The fourth-order valence-electron chi connectivity index (χ4n) is 2.02. The first-order valence-electron chi connectivity index (χ1n) is 5.77. The Hall–Kier alpha value is -1.84. The van der Waals surface area contributed by atoms with Crippen molar-refractivity contribution in [2.75, 3.05) is 5.73 Å². The maximum Gasteiger partial charge on any atom is 0.229 e. The molecule has 1 aromatic carbocycles. The molecule has 0 atom stereocenters. The molecular formula is C13H16N2O2. The topological polar surface area (TPSA) is 63.4 Å². The standard InChI is InChI=1S/C13H16N2O2/c1-9-10(4-2-5-11(9)14)8-15-12(16)6-3-7-13(15)17/h2,4-5H,3,6-8,14H2,1H3. The van der Waals surface area contributed by atoms with Gasteiger partial charge in [-0.3, -0.25) is 14.5 Å². The van der Waals surface area contributed by atoms with E-state index in [0.29, 0.717) is 31.5 Å². The highest BCUT2D eigenvalue weighted by atomic mass is 16.2. The second kappa shape index (κ2) is 4.57. The fraction of sp³-hybridized carbons (Fsp3) is 0.385. The van der Waals surface area contributed by atoms with Crippen LogP contribution in [0.25, 0.3) is 0 Å². The molecule has 1 aromatic rings. The first-order valence-corrected chi connectivity index (χ1v) is 5.77. The number of anilines is 1. The number of carbonyl (C=O) groups excluding carboxylic acids is 2. The highest BCUT2D eigenvalue weighted by Crippen LogP contribution is 2.20. The van der Waals surface area contributed by atoms with Crippen LogP contribution in [0.1, 0.15) is 30.4 Å². The molecule has 1 fully saturated rings. The van der Waals surface area contributed by atoms with Gasteiger partial charge in [-0.25, -0.2) is 0 Å². The van der Waals surface area contributed by atoms with Crippen LogP contribution < -0.4 is 5.73 Å². The van der Waals surface area contributed by atoms with E-state index in [2.05, 4.69) is 0 Å². The van der Waals surface area contributed by atoms with Gasteiger partial charge in [0.1, 0.15) is 0 Å². The largest absolute Gasteiger partial charge is 0.399 e. The zero-order valence-corrected chi connectivity index (χ0v) is 9.90. The Morgan fingerprint density at radius 1 is 1.24 bits per heavy atom. The molecule has 4 heteroatoms. The monoisotopic (exact) mass is 232 g/mol. The van der Waals surface area contributed by atoms with Gasteiger partial charge in [0.2, 0.25) is 11.8 Å². The number of hydrogen-bond donors (Lipinski definition) is 1. The Bertz CT molecular complexity index is 452. The molecule has 90 valence electrons. The van der Waals surface area contributed by atoms with Crippen LogP contribution in [0.3, 0.4) is 0 Å². The van der Waals surface area contributed by atoms with Crippen LogP contribution in [0.4, 0.5) is 5.69 Å². The normalized spacial score (nSPS) is 16.4. The predicted molar refractivity (Wildman–Crippen MR) is 65.0 cm³/mol. The highest BCUT2D eigenvalue weighted by molar-refractivity contribution is 5.97. The quantitative estimate of drug-likeness (QED) is 0.622. The Morgan fingerprint density at radius 2 is 1.88 bits per heavy atom. The molecule has 1 saturated heterocycles. The minimum Gasteiger partial charge on any atom is -0.399 e. The Labute approximate surface area is 100 Å². The molecule has 0 unspecified atom stereocenters. The maximum atomic E-state index is 11.7. The number of nitrogens with two attached hydrogens (primary N) is 1. The number of imide groups is 1. The minimum atomic E-state index is -0.0805. The molecule has 1 heterocycles. The van der Waals surface area contributed by atoms with E-state index in [1.807, 2.05) is 25.1 Å². The van der Waals surface area contributed by atoms with Gasteiger partial charge in [0.25, 0.3) is 0 Å². The summed E-state index contributed by atoms with van der Waals surface area (Å²) in [7, 11) is 0. The maximum absolute atomic E-state index is 11.7. The zero-order valence-electron chi connectivity index (χ0n) is 9.90. The van der Waals surface area contributed by atoms with E-state index >= 15 is 0 Å². The lowest BCUT2D eigenvalue weighted by Crippen LogP contribution is -2.39. The fourth-order valence-corrected chi connectivity index (χ4v) is 2.02. The van der Waals surface area contributed by atoms with Crippen molar-refractivity contribution in [3.8, 4) is 0 Å². The summed E-state index contributed by atoms with van der Waals surface area (Å²) < 4.78 is 0. The van der Waals surface area contributed by atoms with Gasteiger partial charge in [-0.1, -0.05) is 12.1 Å². The minimum absolute atomic E-state index is 0.0805. The van der Waals surface area contributed by atoms with Gasteiger partial charge in [-0.2, -0.15) is 0 Å². The van der Waals surface area contributed by atoms with Crippen LogP contribution in [0.5, 0.6) is 0 Å². The smallest absolute Gasteiger partial charge is 0.229 e. The van der Waals surface area contributed by atoms with E-state index < -0.39 is 0 Å². The number of piperidine rings is 1. The average Bonchev–Trinajstić information content (AvgIpc) is 2.29. The van der Waals surface area contributed by atoms with Crippen LogP contribution in [0.15, 0.2) is 18.2 Å². The number of amides is 2. The number of rotatable bonds is 2. The van der Waals surface area contributed by atoms with Gasteiger partial charge in [-0.05, 0) is 30.5 Å². The molecule has 0 bridgehead atoms. The lowest BCUT2D eigenvalue weighted by Gasteiger charge is -2.25. The van der Waals surface area contributed by atoms with Gasteiger partial charge >= 0.3 is 0 Å². The second-order valence-corrected chi connectivity index (χ2v) is 4.36. The summed E-state index contributed by atoms with van der Waals surface area (Å²) in [5.41, 5.74) is 8.38. The Kier molecular flexibility index (Phi) is 3.13. The van der Waals surface area contributed by atoms with Crippen molar-refractivity contribution in [3.63, 3.8) is 0 Å². The number of hydrogen-bond acceptors (Lipinski definition) is 3. The van der Waals surface area contributed by atoms with Gasteiger partial charge < -0.3 is 5.73 Å². The average molecular weight is 232 g/mol. The Balaban J connectivity index is 2.22.